The molecule has 0 aliphatic heterocycles. The average Bonchev–Trinajstić information content (AvgIpc) is 0.722. The van der Waals surface area contributed by atoms with Crippen molar-refractivity contribution in [2.45, 2.75) is 24.8 Å². The number of rotatable bonds is 0. The second-order valence-corrected chi connectivity index (χ2v) is 7.01. The van der Waals surface area contributed by atoms with Crippen molar-refractivity contribution >= 4 is 17.0 Å². The Kier molecular flexibility index (Phi) is 13.3. The third kappa shape index (κ3) is 85.0. The quantitative estimate of drug-likeness (QED) is 0.592. The van der Waals surface area contributed by atoms with E-state index in [1.165, 1.54) is 18.3 Å². The monoisotopic (exact) mass is 265 g/mol. The van der Waals surface area contributed by atoms with Crippen LogP contribution < -0.4 is 0 Å². The predicted molar refractivity (Wildman–Crippen MR) is 30.0 cm³/mol. The second-order valence-electron chi connectivity index (χ2n) is 2.56. The van der Waals surface area contributed by atoms with Crippen molar-refractivity contribution in [2.24, 2.45) is 0 Å². The zero-order chi connectivity index (χ0) is 4.50. The topological polar surface area (TPSA) is 0 Å². The third-order valence-electron chi connectivity index (χ3n) is 0. The molecule has 0 aromatic heterocycles. The molecular formula is C4H10BrZn2. The first kappa shape index (κ1) is 15.9. The summed E-state index contributed by atoms with van der Waals surface area (Å²) in [5, 5.41) is 0. The summed E-state index contributed by atoms with van der Waals surface area (Å²) < 4.78 is 0.625. The Morgan fingerprint density at radius 3 is 1.14 bits per heavy atom. The van der Waals surface area contributed by atoms with Gasteiger partial charge in [-0.2, -0.15) is 0 Å². The van der Waals surface area contributed by atoms with Crippen LogP contribution >= 0.6 is 17.0 Å². The molecule has 3 heteroatoms. The molecule has 0 spiro atoms. The summed E-state index contributed by atoms with van der Waals surface area (Å²) in [4.78, 5) is 0. The van der Waals surface area contributed by atoms with Gasteiger partial charge in [0.2, 0.25) is 0 Å². The van der Waals surface area contributed by atoms with Gasteiger partial charge in [-0.05, 0) is 0 Å². The van der Waals surface area contributed by atoms with Gasteiger partial charge in [0.1, 0.15) is 0 Å². The van der Waals surface area contributed by atoms with Crippen LogP contribution in [0, 0.1) is 0 Å². The van der Waals surface area contributed by atoms with Crippen molar-refractivity contribution in [1.82, 2.24) is 0 Å². The van der Waals surface area contributed by atoms with Gasteiger partial charge in [-0.15, -0.1) is 17.0 Å². The summed E-state index contributed by atoms with van der Waals surface area (Å²) in [5.41, 5.74) is 0. The molecule has 37 valence electrons. The molecule has 0 amide bonds. The SMILES string of the molecule is Br.C[C](C)(C)[Zn].[Zn]. The third-order valence-corrected chi connectivity index (χ3v) is 0. The van der Waals surface area contributed by atoms with Gasteiger partial charge in [0.15, 0.2) is 0 Å². The first-order chi connectivity index (χ1) is 2.00. The first-order valence-corrected chi connectivity index (χ1v) is 3.34. The fourth-order valence-electron chi connectivity index (χ4n) is 0. The molecule has 0 aromatic carbocycles. The van der Waals surface area contributed by atoms with E-state index in [0.717, 1.165) is 0 Å². The Labute approximate surface area is 79.0 Å². The maximum Gasteiger partial charge on any atom is 0 e. The van der Waals surface area contributed by atoms with Gasteiger partial charge in [-0.25, -0.2) is 0 Å². The van der Waals surface area contributed by atoms with Gasteiger partial charge >= 0.3 is 43.1 Å². The molecule has 0 aliphatic carbocycles. The van der Waals surface area contributed by atoms with E-state index in [4.69, 9.17) is 0 Å². The molecule has 0 unspecified atom stereocenters. The second kappa shape index (κ2) is 5.86. The summed E-state index contributed by atoms with van der Waals surface area (Å²) in [5.74, 6) is 0. The molecule has 0 saturated carbocycles. The number of hydrogen-bond acceptors (Lipinski definition) is 0. The number of hydrogen-bond donors (Lipinski definition) is 0. The van der Waals surface area contributed by atoms with Gasteiger partial charge in [0.05, 0.1) is 0 Å². The van der Waals surface area contributed by atoms with Crippen molar-refractivity contribution in [3.8, 4) is 0 Å². The van der Waals surface area contributed by atoms with E-state index >= 15 is 0 Å². The van der Waals surface area contributed by atoms with Crippen LogP contribution in [0.25, 0.3) is 0 Å². The molecule has 0 saturated heterocycles. The van der Waals surface area contributed by atoms with Crippen molar-refractivity contribution < 1.29 is 37.8 Å². The maximum absolute atomic E-state index is 2.24. The molecule has 0 aromatic rings. The average molecular weight is 269 g/mol. The fraction of sp³-hybridized carbons (Fsp3) is 1.00. The first-order valence-electron chi connectivity index (χ1n) is 1.85. The Hall–Kier alpha value is 1.73. The molecule has 0 atom stereocenters. The van der Waals surface area contributed by atoms with E-state index in [1.54, 1.807) is 0 Å². The minimum absolute atomic E-state index is 0. The van der Waals surface area contributed by atoms with E-state index in [9.17, 15) is 0 Å². The van der Waals surface area contributed by atoms with Crippen molar-refractivity contribution in [1.29, 1.82) is 0 Å². The molecule has 0 nitrogen and oxygen atoms in total. The van der Waals surface area contributed by atoms with Crippen LogP contribution in [-0.2, 0) is 37.8 Å². The summed E-state index contributed by atoms with van der Waals surface area (Å²) in [6.45, 7) is 6.73. The normalized spacial score (nSPS) is 8.71. The summed E-state index contributed by atoms with van der Waals surface area (Å²) in [7, 11) is 0. The van der Waals surface area contributed by atoms with Crippen molar-refractivity contribution in [3.63, 3.8) is 0 Å². The largest absolute Gasteiger partial charge is 0 e. The molecule has 0 aliphatic rings. The molecule has 0 fully saturated rings. The molecule has 0 bridgehead atoms. The minimum atomic E-state index is 0. The van der Waals surface area contributed by atoms with Crippen molar-refractivity contribution in [3.05, 3.63) is 0 Å². The van der Waals surface area contributed by atoms with Crippen LogP contribution in [0.4, 0.5) is 0 Å². The van der Waals surface area contributed by atoms with Crippen LogP contribution in [0.15, 0.2) is 0 Å². The summed E-state index contributed by atoms with van der Waals surface area (Å²) in [6.07, 6.45) is 0. The predicted octanol–water partition coefficient (Wildman–Crippen LogP) is 2.33. The van der Waals surface area contributed by atoms with Gasteiger partial charge in [-0.1, -0.05) is 0 Å². The summed E-state index contributed by atoms with van der Waals surface area (Å²) >= 11 is 1.40. The van der Waals surface area contributed by atoms with E-state index in [1.807, 2.05) is 0 Å². The van der Waals surface area contributed by atoms with E-state index in [-0.39, 0.29) is 36.5 Å². The van der Waals surface area contributed by atoms with Crippen molar-refractivity contribution in [2.75, 3.05) is 0 Å². The van der Waals surface area contributed by atoms with E-state index in [2.05, 4.69) is 20.8 Å². The standard InChI is InChI=1S/C4H9.BrH.2Zn/c1-4(2)3;;;/h1-3H3;1H;;. The van der Waals surface area contributed by atoms with Gasteiger partial charge in [0, 0.05) is 19.5 Å². The molecule has 0 rings (SSSR count). The van der Waals surface area contributed by atoms with Gasteiger partial charge < -0.3 is 0 Å². The maximum atomic E-state index is 2.24. The Bertz CT molecular complexity index is 25.2. The number of halogens is 1. The van der Waals surface area contributed by atoms with Crippen LogP contribution in [-0.4, -0.2) is 0 Å². The fourth-order valence-corrected chi connectivity index (χ4v) is 0. The van der Waals surface area contributed by atoms with Crippen LogP contribution in [0.5, 0.6) is 0 Å². The zero-order valence-corrected chi connectivity index (χ0v) is 13.0. The Morgan fingerprint density at radius 1 is 1.14 bits per heavy atom. The Balaban J connectivity index is -0.0000000800. The minimum Gasteiger partial charge on any atom is 0 e. The van der Waals surface area contributed by atoms with Crippen LogP contribution in [0.3, 0.4) is 0 Å². The van der Waals surface area contributed by atoms with Crippen LogP contribution in [0.2, 0.25) is 4.01 Å². The van der Waals surface area contributed by atoms with E-state index < -0.39 is 0 Å². The van der Waals surface area contributed by atoms with Gasteiger partial charge in [0.25, 0.3) is 0 Å². The van der Waals surface area contributed by atoms with Crippen LogP contribution in [0.1, 0.15) is 20.8 Å². The molecule has 7 heavy (non-hydrogen) atoms. The smallest absolute Gasteiger partial charge is 0 e. The molecular weight excluding hydrogens is 259 g/mol. The Morgan fingerprint density at radius 2 is 1.14 bits per heavy atom. The summed E-state index contributed by atoms with van der Waals surface area (Å²) in [6, 6.07) is 0. The van der Waals surface area contributed by atoms with E-state index in [0.29, 0.717) is 4.01 Å². The van der Waals surface area contributed by atoms with Gasteiger partial charge in [-0.3, -0.25) is 0 Å². The zero-order valence-electron chi connectivity index (χ0n) is 5.32. The molecule has 0 heterocycles. The molecule has 0 radical (unpaired) electrons. The molecule has 0 N–H and O–H groups in total.